The van der Waals surface area contributed by atoms with Crippen molar-refractivity contribution in [2.45, 2.75) is 145 Å². The zero-order chi connectivity index (χ0) is 41.9. The normalized spacial score (nSPS) is 32.1. The third-order valence-electron chi connectivity index (χ3n) is 13.7. The van der Waals surface area contributed by atoms with Crippen LogP contribution in [0.25, 0.3) is 11.0 Å². The fraction of sp³-hybridized carbons (Fsp3) is 0.707. The quantitative estimate of drug-likeness (QED) is 0.321. The van der Waals surface area contributed by atoms with Gasteiger partial charge in [-0.1, -0.05) is 32.6 Å². The molecule has 0 spiro atoms. The summed E-state index contributed by atoms with van der Waals surface area (Å²) in [5.74, 6) is -4.36. The second-order valence-electron chi connectivity index (χ2n) is 17.7. The van der Waals surface area contributed by atoms with Gasteiger partial charge < -0.3 is 29.7 Å². The summed E-state index contributed by atoms with van der Waals surface area (Å²) >= 11 is 0. The molecular weight excluding hydrogens is 791 g/mol. The van der Waals surface area contributed by atoms with Crippen LogP contribution in [0.3, 0.4) is 0 Å². The van der Waals surface area contributed by atoms with Crippen molar-refractivity contribution in [3.8, 4) is 11.6 Å². The van der Waals surface area contributed by atoms with Gasteiger partial charge in [0.05, 0.1) is 35.4 Å². The van der Waals surface area contributed by atoms with E-state index in [1.54, 1.807) is 19.2 Å². The van der Waals surface area contributed by atoms with Gasteiger partial charge in [0.2, 0.25) is 34.1 Å². The molecule has 8 atom stereocenters. The van der Waals surface area contributed by atoms with Gasteiger partial charge >= 0.3 is 6.09 Å². The predicted octanol–water partition coefficient (Wildman–Crippen LogP) is 4.55. The molecule has 4 saturated carbocycles. The lowest BCUT2D eigenvalue weighted by molar-refractivity contribution is -0.143. The average molecular weight is 845 g/mol. The Hall–Kier alpha value is -4.35. The third kappa shape index (κ3) is 8.13. The Morgan fingerprint density at radius 2 is 1.75 bits per heavy atom. The molecule has 3 heterocycles. The van der Waals surface area contributed by atoms with Crippen LogP contribution in [0.2, 0.25) is 0 Å². The van der Waals surface area contributed by atoms with Gasteiger partial charge in [-0.15, -0.1) is 0 Å². The van der Waals surface area contributed by atoms with Crippen molar-refractivity contribution in [2.24, 2.45) is 23.7 Å². The second-order valence-corrected chi connectivity index (χ2v) is 19.9. The highest BCUT2D eigenvalue weighted by Crippen LogP contribution is 2.50. The first-order valence-electron chi connectivity index (χ1n) is 21.1. The number of sulfonamides is 1. The highest BCUT2D eigenvalue weighted by Gasteiger charge is 2.68. The average Bonchev–Trinajstić information content (AvgIpc) is 4.15. The van der Waals surface area contributed by atoms with Gasteiger partial charge in [-0.05, 0) is 95.1 Å². The fourth-order valence-corrected chi connectivity index (χ4v) is 10.8. The minimum atomic E-state index is -4.24. The number of nitrogens with zero attached hydrogens (tertiary/aromatic N) is 3. The zero-order valence-electron chi connectivity index (χ0n) is 33.7. The van der Waals surface area contributed by atoms with Crippen molar-refractivity contribution in [3.05, 3.63) is 23.9 Å². The summed E-state index contributed by atoms with van der Waals surface area (Å²) in [6.07, 6.45) is 3.22. The van der Waals surface area contributed by atoms with E-state index < -0.39 is 87.0 Å². The number of alkyl carbamates (subject to hydrolysis) is 1. The van der Waals surface area contributed by atoms with Gasteiger partial charge in [-0.2, -0.15) is 0 Å². The van der Waals surface area contributed by atoms with Crippen molar-refractivity contribution in [1.82, 2.24) is 30.2 Å². The van der Waals surface area contributed by atoms with E-state index in [2.05, 4.69) is 10.6 Å². The van der Waals surface area contributed by atoms with Gasteiger partial charge in [-0.3, -0.25) is 19.1 Å². The van der Waals surface area contributed by atoms with E-state index in [-0.39, 0.29) is 36.8 Å². The molecule has 59 heavy (non-hydrogen) atoms. The van der Waals surface area contributed by atoms with Crippen LogP contribution in [-0.4, -0.2) is 102 Å². The maximum absolute atomic E-state index is 15.0. The van der Waals surface area contributed by atoms with Crippen LogP contribution >= 0.6 is 0 Å². The predicted molar refractivity (Wildman–Crippen MR) is 209 cm³/mol. The monoisotopic (exact) mass is 844 g/mol. The Balaban J connectivity index is 1.16. The van der Waals surface area contributed by atoms with E-state index in [9.17, 15) is 36.4 Å². The van der Waals surface area contributed by atoms with Gasteiger partial charge in [0, 0.05) is 12.0 Å². The lowest BCUT2D eigenvalue weighted by atomic mass is 9.92. The van der Waals surface area contributed by atoms with Crippen LogP contribution in [0.1, 0.15) is 103 Å². The largest absolute Gasteiger partial charge is 0.497 e. The maximum atomic E-state index is 15.0. The number of ether oxygens (including phenoxy) is 3. The number of nitrogens with one attached hydrogen (secondary N) is 3. The van der Waals surface area contributed by atoms with E-state index in [0.717, 1.165) is 44.9 Å². The lowest BCUT2D eigenvalue weighted by Crippen LogP contribution is -2.60. The first-order valence-corrected chi connectivity index (χ1v) is 22.6. The molecular formula is C41H54F2N6O9S. The summed E-state index contributed by atoms with van der Waals surface area (Å²) < 4.78 is 73.8. The molecule has 0 unspecified atom stereocenters. The summed E-state index contributed by atoms with van der Waals surface area (Å²) in [4.78, 5) is 68.0. The summed E-state index contributed by atoms with van der Waals surface area (Å²) in [6.45, 7) is 3.13. The van der Waals surface area contributed by atoms with E-state index >= 15 is 0 Å². The molecule has 322 valence electrons. The minimum Gasteiger partial charge on any atom is -0.497 e. The number of hydrogen-bond acceptors (Lipinski definition) is 11. The molecule has 1 aromatic heterocycles. The molecule has 6 aliphatic rings. The number of fused-ring (bicyclic) bond motifs is 5. The molecule has 1 saturated heterocycles. The van der Waals surface area contributed by atoms with Gasteiger partial charge in [0.15, 0.2) is 0 Å². The van der Waals surface area contributed by atoms with Crippen molar-refractivity contribution in [1.29, 1.82) is 0 Å². The molecule has 0 radical (unpaired) electrons. The number of aryl methyl sites for hydroxylation is 1. The maximum Gasteiger partial charge on any atom is 0.408 e. The zero-order valence-corrected chi connectivity index (χ0v) is 34.5. The van der Waals surface area contributed by atoms with Crippen LogP contribution in [0.4, 0.5) is 13.6 Å². The lowest BCUT2D eigenvalue weighted by Gasteiger charge is -2.33. The SMILES string of the molecule is CC[C@@H]1[C@@H]2CN(C(=O)[C@H](C3CCCC3)NC(=O)O[C@@H]3C[C@H]3CCCCCc3nc4ccc(OC)cc4nc3O2)[C@@H]1C(=O)N[C@]1(C(=O)NS(=O)(=O)C2(C)CC2)C[C@H]1C(F)F. The van der Waals surface area contributed by atoms with Crippen LogP contribution in [0.5, 0.6) is 11.6 Å². The van der Waals surface area contributed by atoms with E-state index in [4.69, 9.17) is 24.2 Å². The smallest absolute Gasteiger partial charge is 0.408 e. The molecule has 15 nitrogen and oxygen atoms in total. The van der Waals surface area contributed by atoms with Crippen molar-refractivity contribution < 1.29 is 50.6 Å². The van der Waals surface area contributed by atoms with Gasteiger partial charge in [-0.25, -0.2) is 32.0 Å². The van der Waals surface area contributed by atoms with Crippen molar-refractivity contribution in [3.63, 3.8) is 0 Å². The Labute approximate surface area is 342 Å². The highest BCUT2D eigenvalue weighted by atomic mass is 32.2. The molecule has 18 heteroatoms. The summed E-state index contributed by atoms with van der Waals surface area (Å²) in [5, 5.41) is 5.39. The molecule has 4 amide bonds. The highest BCUT2D eigenvalue weighted by molar-refractivity contribution is 7.91. The van der Waals surface area contributed by atoms with Crippen molar-refractivity contribution >= 4 is 44.9 Å². The van der Waals surface area contributed by atoms with Gasteiger partial charge in [0.1, 0.15) is 41.3 Å². The van der Waals surface area contributed by atoms with Crippen LogP contribution < -0.4 is 24.8 Å². The first-order chi connectivity index (χ1) is 28.2. The number of methoxy groups -OCH3 is 1. The Bertz CT molecular complexity index is 2100. The van der Waals surface area contributed by atoms with E-state index in [1.807, 2.05) is 17.7 Å². The molecule has 2 bridgehead atoms. The first kappa shape index (κ1) is 41.4. The number of carbonyl (C=O) groups is 4. The van der Waals surface area contributed by atoms with Crippen molar-refractivity contribution in [2.75, 3.05) is 13.7 Å². The fourth-order valence-electron chi connectivity index (χ4n) is 9.45. The standard InChI is InChI=1S/C41H54F2N6O9S/c1-4-25-31-21-49(33(25)35(50)47-41(20-26(41)34(42)43)38(52)48-59(54,55)40(2)16-17-40)37(51)32(22-10-8-9-11-22)46-39(53)58-30-18-23(30)12-6-5-7-13-28-36(57-31)45-29-19-24(56-3)14-15-27(29)44-28/h14-15,19,22-23,25-26,30-34H,4-13,16-18,20-21H2,1-3H3,(H,46,53)(H,47,50)(H,48,52)/t23-,25-,26+,30-,31+,32+,33+,41-/m1/s1. The number of halogens is 2. The van der Waals surface area contributed by atoms with Crippen LogP contribution in [-0.2, 0) is 35.6 Å². The number of benzene rings is 1. The summed E-state index contributed by atoms with van der Waals surface area (Å²) in [7, 11) is -2.69. The number of carbonyl (C=O) groups excluding carboxylic acids is 4. The Morgan fingerprint density at radius 1 is 1.02 bits per heavy atom. The van der Waals surface area contributed by atoms with E-state index in [1.165, 1.54) is 11.8 Å². The molecule has 5 fully saturated rings. The minimum absolute atomic E-state index is 0.137. The molecule has 8 rings (SSSR count). The molecule has 2 aromatic rings. The third-order valence-corrected chi connectivity index (χ3v) is 15.9. The molecule has 2 aliphatic heterocycles. The van der Waals surface area contributed by atoms with E-state index in [0.29, 0.717) is 54.6 Å². The van der Waals surface area contributed by atoms with Gasteiger partial charge in [0.25, 0.3) is 5.91 Å². The number of hydrogen-bond donors (Lipinski definition) is 3. The van der Waals surface area contributed by atoms with Crippen LogP contribution in [0.15, 0.2) is 18.2 Å². The molecule has 4 aliphatic carbocycles. The molecule has 1 aromatic carbocycles. The number of alkyl halides is 2. The topological polar surface area (TPSA) is 195 Å². The Kier molecular flexibility index (Phi) is 11.2. The Morgan fingerprint density at radius 3 is 2.42 bits per heavy atom. The number of rotatable bonds is 9. The summed E-state index contributed by atoms with van der Waals surface area (Å²) in [5.41, 5.74) is -0.481. The second kappa shape index (κ2) is 15.9. The molecule has 3 N–H and O–H groups in total. The number of amides is 4. The van der Waals surface area contributed by atoms with Crippen LogP contribution in [0, 0.1) is 23.7 Å². The summed E-state index contributed by atoms with van der Waals surface area (Å²) in [6, 6.07) is 2.93. The number of aromatic nitrogens is 2.